The Morgan fingerprint density at radius 3 is 2.48 bits per heavy atom. The zero-order chi connectivity index (χ0) is 22.1. The number of hydrogen-bond donors (Lipinski definition) is 2. The number of hydrogen-bond acceptors (Lipinski definition) is 6. The van der Waals surface area contributed by atoms with E-state index in [-0.39, 0.29) is 35.2 Å². The van der Waals surface area contributed by atoms with E-state index in [1.807, 2.05) is 0 Å². The van der Waals surface area contributed by atoms with Crippen molar-refractivity contribution in [3.05, 3.63) is 53.3 Å². The maximum absolute atomic E-state index is 13.8. The molecule has 0 saturated carbocycles. The van der Waals surface area contributed by atoms with Crippen molar-refractivity contribution in [2.45, 2.75) is 12.3 Å². The van der Waals surface area contributed by atoms with Crippen LogP contribution in [-0.2, 0) is 4.79 Å². The lowest BCUT2D eigenvalue weighted by atomic mass is 9.84. The van der Waals surface area contributed by atoms with E-state index in [9.17, 15) is 14.0 Å². The number of fused-ring (bicyclic) bond motifs is 1. The van der Waals surface area contributed by atoms with Gasteiger partial charge >= 0.3 is 0 Å². The molecule has 9 heteroatoms. The predicted molar refractivity (Wildman–Crippen MR) is 110 cm³/mol. The molecule has 1 amide bonds. The molecule has 2 N–H and O–H groups in total. The molecule has 0 saturated heterocycles. The number of anilines is 1. The largest absolute Gasteiger partial charge is 0.494 e. The molecule has 2 aromatic carbocycles. The summed E-state index contributed by atoms with van der Waals surface area (Å²) in [6.45, 7) is 0. The number of H-pyrrole nitrogens is 1. The molecule has 1 unspecified atom stereocenters. The number of carbonyl (C=O) groups excluding carboxylic acids is 2. The third kappa shape index (κ3) is 3.58. The van der Waals surface area contributed by atoms with Gasteiger partial charge in [-0.3, -0.25) is 14.7 Å². The van der Waals surface area contributed by atoms with E-state index in [1.165, 1.54) is 39.5 Å². The lowest BCUT2D eigenvalue weighted by Gasteiger charge is -2.22. The molecular formula is C22H20FN3O5. The van der Waals surface area contributed by atoms with Gasteiger partial charge < -0.3 is 19.5 Å². The molecule has 3 aromatic rings. The molecule has 4 rings (SSSR count). The SMILES string of the molecule is COc1cc(C(=O)C2CC(=O)Nc3n[nH]c(-c4ccc(OC)c(OC)c4)c32)ccc1F. The molecule has 0 fully saturated rings. The summed E-state index contributed by atoms with van der Waals surface area (Å²) >= 11 is 0. The zero-order valence-corrected chi connectivity index (χ0v) is 17.1. The van der Waals surface area contributed by atoms with Crippen LogP contribution >= 0.6 is 0 Å². The zero-order valence-electron chi connectivity index (χ0n) is 17.1. The van der Waals surface area contributed by atoms with Gasteiger partial charge in [-0.05, 0) is 36.4 Å². The van der Waals surface area contributed by atoms with Crippen LogP contribution in [0.15, 0.2) is 36.4 Å². The minimum atomic E-state index is -0.805. The van der Waals surface area contributed by atoms with E-state index in [1.54, 1.807) is 18.2 Å². The van der Waals surface area contributed by atoms with E-state index in [0.717, 1.165) is 0 Å². The van der Waals surface area contributed by atoms with Gasteiger partial charge in [0, 0.05) is 23.1 Å². The van der Waals surface area contributed by atoms with Crippen molar-refractivity contribution in [2.24, 2.45) is 0 Å². The first-order valence-electron chi connectivity index (χ1n) is 9.45. The van der Waals surface area contributed by atoms with Gasteiger partial charge in [0.25, 0.3) is 0 Å². The smallest absolute Gasteiger partial charge is 0.226 e. The minimum absolute atomic E-state index is 0.0429. The molecule has 160 valence electrons. The van der Waals surface area contributed by atoms with Crippen LogP contribution in [0.4, 0.5) is 10.2 Å². The van der Waals surface area contributed by atoms with E-state index in [4.69, 9.17) is 14.2 Å². The van der Waals surface area contributed by atoms with E-state index >= 15 is 0 Å². The quantitative estimate of drug-likeness (QED) is 0.586. The van der Waals surface area contributed by atoms with Crippen LogP contribution in [0.2, 0.25) is 0 Å². The van der Waals surface area contributed by atoms with Crippen LogP contribution in [0.5, 0.6) is 17.2 Å². The van der Waals surface area contributed by atoms with Crippen molar-refractivity contribution >= 4 is 17.5 Å². The Morgan fingerprint density at radius 2 is 1.77 bits per heavy atom. The number of ether oxygens (including phenoxy) is 3. The van der Waals surface area contributed by atoms with Crippen LogP contribution in [0.3, 0.4) is 0 Å². The molecule has 1 aliphatic rings. The van der Waals surface area contributed by atoms with Gasteiger partial charge in [-0.1, -0.05) is 0 Å². The summed E-state index contributed by atoms with van der Waals surface area (Å²) < 4.78 is 29.4. The average molecular weight is 425 g/mol. The third-order valence-corrected chi connectivity index (χ3v) is 5.22. The number of rotatable bonds is 6. The Kier molecular flexibility index (Phi) is 5.33. The molecule has 0 radical (unpaired) electrons. The fourth-order valence-corrected chi connectivity index (χ4v) is 3.71. The summed E-state index contributed by atoms with van der Waals surface area (Å²) in [7, 11) is 4.39. The van der Waals surface area contributed by atoms with E-state index < -0.39 is 11.7 Å². The lowest BCUT2D eigenvalue weighted by Crippen LogP contribution is -2.27. The maximum atomic E-state index is 13.8. The highest BCUT2D eigenvalue weighted by molar-refractivity contribution is 6.09. The van der Waals surface area contributed by atoms with Crippen molar-refractivity contribution in [1.82, 2.24) is 10.2 Å². The number of Topliss-reactive ketones (excluding diaryl/α,β-unsaturated/α-hetero) is 1. The van der Waals surface area contributed by atoms with Gasteiger partial charge in [0.2, 0.25) is 5.91 Å². The number of aromatic nitrogens is 2. The summed E-state index contributed by atoms with van der Waals surface area (Å²) in [6, 6.07) is 9.17. The topological polar surface area (TPSA) is 103 Å². The van der Waals surface area contributed by atoms with Gasteiger partial charge in [0.15, 0.2) is 34.7 Å². The van der Waals surface area contributed by atoms with Gasteiger partial charge in [0.05, 0.1) is 32.9 Å². The highest BCUT2D eigenvalue weighted by atomic mass is 19.1. The van der Waals surface area contributed by atoms with Crippen molar-refractivity contribution in [3.63, 3.8) is 0 Å². The second-order valence-corrected chi connectivity index (χ2v) is 6.95. The number of ketones is 1. The summed E-state index contributed by atoms with van der Waals surface area (Å²) in [6.07, 6.45) is -0.0641. The first-order chi connectivity index (χ1) is 15.0. The van der Waals surface area contributed by atoms with Crippen molar-refractivity contribution in [2.75, 3.05) is 26.6 Å². The predicted octanol–water partition coefficient (Wildman–Crippen LogP) is 3.55. The molecule has 2 heterocycles. The van der Waals surface area contributed by atoms with Gasteiger partial charge in [-0.15, -0.1) is 0 Å². The first-order valence-corrected chi connectivity index (χ1v) is 9.45. The Labute approximate surface area is 177 Å². The van der Waals surface area contributed by atoms with Crippen molar-refractivity contribution in [1.29, 1.82) is 0 Å². The molecule has 1 atom stereocenters. The highest BCUT2D eigenvalue weighted by Crippen LogP contribution is 2.42. The summed E-state index contributed by atoms with van der Waals surface area (Å²) in [4.78, 5) is 25.6. The monoisotopic (exact) mass is 425 g/mol. The number of halogens is 1. The van der Waals surface area contributed by atoms with Crippen molar-refractivity contribution in [3.8, 4) is 28.5 Å². The molecule has 31 heavy (non-hydrogen) atoms. The van der Waals surface area contributed by atoms with Crippen LogP contribution < -0.4 is 19.5 Å². The van der Waals surface area contributed by atoms with Crippen LogP contribution in [0.25, 0.3) is 11.3 Å². The Morgan fingerprint density at radius 1 is 1.03 bits per heavy atom. The summed E-state index contributed by atoms with van der Waals surface area (Å²) in [5, 5.41) is 9.80. The Bertz CT molecular complexity index is 1170. The molecule has 1 aliphatic heterocycles. The molecule has 0 bridgehead atoms. The lowest BCUT2D eigenvalue weighted by molar-refractivity contribution is -0.116. The fourth-order valence-electron chi connectivity index (χ4n) is 3.71. The van der Waals surface area contributed by atoms with E-state index in [2.05, 4.69) is 15.5 Å². The Hall–Kier alpha value is -3.88. The number of nitrogens with one attached hydrogen (secondary N) is 2. The first kappa shape index (κ1) is 20.4. The normalized spacial score (nSPS) is 15.1. The third-order valence-electron chi connectivity index (χ3n) is 5.22. The minimum Gasteiger partial charge on any atom is -0.494 e. The fraction of sp³-hybridized carbons (Fsp3) is 0.227. The standard InChI is InChI=1S/C22H20FN3O5/c1-29-15-7-5-11(8-17(15)31-3)20-19-13(10-18(27)24-22(19)26-25-20)21(28)12-4-6-14(23)16(9-12)30-2/h4-9,13H,10H2,1-3H3,(H2,24,25,26,27). The number of carbonyl (C=O) groups is 2. The molecule has 8 nitrogen and oxygen atoms in total. The number of methoxy groups -OCH3 is 3. The van der Waals surface area contributed by atoms with Gasteiger partial charge in [0.1, 0.15) is 0 Å². The molecule has 0 aliphatic carbocycles. The molecule has 1 aromatic heterocycles. The molecular weight excluding hydrogens is 405 g/mol. The van der Waals surface area contributed by atoms with E-state index in [0.29, 0.717) is 28.3 Å². The Balaban J connectivity index is 1.80. The number of aromatic amines is 1. The van der Waals surface area contributed by atoms with Gasteiger partial charge in [-0.2, -0.15) is 5.10 Å². The number of benzene rings is 2. The maximum Gasteiger partial charge on any atom is 0.226 e. The summed E-state index contributed by atoms with van der Waals surface area (Å²) in [5.74, 6) is -0.737. The van der Waals surface area contributed by atoms with Gasteiger partial charge in [-0.25, -0.2) is 4.39 Å². The second-order valence-electron chi connectivity index (χ2n) is 6.95. The molecule has 0 spiro atoms. The number of amides is 1. The van der Waals surface area contributed by atoms with Crippen LogP contribution in [0, 0.1) is 5.82 Å². The van der Waals surface area contributed by atoms with Crippen LogP contribution in [-0.4, -0.2) is 43.2 Å². The average Bonchev–Trinajstić information content (AvgIpc) is 3.21. The second kappa shape index (κ2) is 8.10. The van der Waals surface area contributed by atoms with Crippen LogP contribution in [0.1, 0.15) is 28.3 Å². The van der Waals surface area contributed by atoms with Crippen molar-refractivity contribution < 1.29 is 28.2 Å². The highest BCUT2D eigenvalue weighted by Gasteiger charge is 2.36. The number of nitrogens with zero attached hydrogens (tertiary/aromatic N) is 1. The summed E-state index contributed by atoms with van der Waals surface area (Å²) in [5.41, 5.74) is 2.07.